The molecule has 0 spiro atoms. The predicted octanol–water partition coefficient (Wildman–Crippen LogP) is 1.99. The highest BCUT2D eigenvalue weighted by atomic mass is 16.5. The fourth-order valence-electron chi connectivity index (χ4n) is 2.15. The summed E-state index contributed by atoms with van der Waals surface area (Å²) in [5.74, 6) is -1.59. The van der Waals surface area contributed by atoms with E-state index in [0.717, 1.165) is 0 Å². The van der Waals surface area contributed by atoms with Crippen molar-refractivity contribution in [3.05, 3.63) is 65.2 Å². The van der Waals surface area contributed by atoms with Crippen LogP contribution >= 0.6 is 0 Å². The fraction of sp³-hybridized carbons (Fsp3) is 0.105. The Labute approximate surface area is 145 Å². The van der Waals surface area contributed by atoms with Gasteiger partial charge in [-0.3, -0.25) is 4.79 Å². The van der Waals surface area contributed by atoms with Crippen molar-refractivity contribution in [3.8, 4) is 11.8 Å². The van der Waals surface area contributed by atoms with Crippen LogP contribution in [0.25, 0.3) is 6.08 Å². The van der Waals surface area contributed by atoms with Gasteiger partial charge in [0, 0.05) is 11.1 Å². The molecule has 0 radical (unpaired) electrons. The van der Waals surface area contributed by atoms with Crippen molar-refractivity contribution in [1.82, 2.24) is 0 Å². The number of ether oxygens (including phenoxy) is 1. The molecule has 1 amide bonds. The molecule has 25 heavy (non-hydrogen) atoms. The third-order valence-corrected chi connectivity index (χ3v) is 3.28. The molecule has 0 saturated carbocycles. The van der Waals surface area contributed by atoms with Crippen molar-refractivity contribution in [1.29, 1.82) is 5.26 Å². The number of nitrogens with zero attached hydrogens (tertiary/aromatic N) is 1. The van der Waals surface area contributed by atoms with E-state index in [2.05, 4.69) is 5.32 Å². The Morgan fingerprint density at radius 1 is 1.20 bits per heavy atom. The van der Waals surface area contributed by atoms with Crippen LogP contribution in [0.2, 0.25) is 0 Å². The van der Waals surface area contributed by atoms with Gasteiger partial charge in [0.2, 0.25) is 0 Å². The van der Waals surface area contributed by atoms with Gasteiger partial charge < -0.3 is 20.0 Å². The summed E-state index contributed by atoms with van der Waals surface area (Å²) in [7, 11) is 0. The molecule has 6 nitrogen and oxygen atoms in total. The van der Waals surface area contributed by atoms with E-state index in [1.807, 2.05) is 13.0 Å². The second-order valence-electron chi connectivity index (χ2n) is 4.93. The lowest BCUT2D eigenvalue weighted by Gasteiger charge is -2.11. The Kier molecular flexibility index (Phi) is 5.91. The SMILES string of the molecule is CCOc1ccccc1/C=C(\C#N)C(=O)Nc1ccccc1C(=O)[O-]. The average molecular weight is 335 g/mol. The van der Waals surface area contributed by atoms with Gasteiger partial charge in [0.25, 0.3) is 5.91 Å². The summed E-state index contributed by atoms with van der Waals surface area (Å²) in [6.07, 6.45) is 1.39. The molecule has 0 aliphatic carbocycles. The van der Waals surface area contributed by atoms with Crippen molar-refractivity contribution < 1.29 is 19.4 Å². The molecule has 0 aromatic heterocycles. The number of hydrogen-bond acceptors (Lipinski definition) is 5. The van der Waals surface area contributed by atoms with Gasteiger partial charge in [0.05, 0.1) is 18.3 Å². The minimum absolute atomic E-state index is 0.0618. The van der Waals surface area contributed by atoms with Crippen LogP contribution in [0.3, 0.4) is 0 Å². The van der Waals surface area contributed by atoms with Crippen molar-refractivity contribution in [2.45, 2.75) is 6.92 Å². The molecule has 1 N–H and O–H groups in total. The predicted molar refractivity (Wildman–Crippen MR) is 90.6 cm³/mol. The maximum atomic E-state index is 12.3. The number of carbonyl (C=O) groups excluding carboxylic acids is 2. The van der Waals surface area contributed by atoms with Crippen molar-refractivity contribution in [2.75, 3.05) is 11.9 Å². The van der Waals surface area contributed by atoms with Crippen molar-refractivity contribution >= 4 is 23.6 Å². The molecule has 0 fully saturated rings. The Hall–Kier alpha value is -3.59. The summed E-state index contributed by atoms with van der Waals surface area (Å²) in [4.78, 5) is 23.4. The van der Waals surface area contributed by atoms with E-state index >= 15 is 0 Å². The molecule has 2 aromatic rings. The maximum absolute atomic E-state index is 12.3. The van der Waals surface area contributed by atoms with E-state index in [4.69, 9.17) is 4.74 Å². The van der Waals surface area contributed by atoms with Crippen LogP contribution in [0, 0.1) is 11.3 Å². The van der Waals surface area contributed by atoms with Gasteiger partial charge in [-0.25, -0.2) is 0 Å². The standard InChI is InChI=1S/C19H16N2O4/c1-2-25-17-10-6-3-7-13(17)11-14(12-20)18(22)21-16-9-5-4-8-15(16)19(23)24/h3-11H,2H2,1H3,(H,21,22)(H,23,24)/p-1/b14-11+. The number of benzene rings is 2. The van der Waals surface area contributed by atoms with E-state index in [0.29, 0.717) is 17.9 Å². The Bertz CT molecular complexity index is 866. The van der Waals surface area contributed by atoms with Crippen LogP contribution in [0.4, 0.5) is 5.69 Å². The van der Waals surface area contributed by atoms with Gasteiger partial charge in [0.1, 0.15) is 17.4 Å². The summed E-state index contributed by atoms with van der Waals surface area (Å²) in [5.41, 5.74) is 0.291. The Morgan fingerprint density at radius 2 is 1.88 bits per heavy atom. The van der Waals surface area contributed by atoms with Crippen LogP contribution in [-0.2, 0) is 4.79 Å². The lowest BCUT2D eigenvalue weighted by Crippen LogP contribution is -2.25. The average Bonchev–Trinajstić information content (AvgIpc) is 2.61. The largest absolute Gasteiger partial charge is 0.545 e. The molecule has 6 heteroatoms. The monoisotopic (exact) mass is 335 g/mol. The van der Waals surface area contributed by atoms with Gasteiger partial charge in [-0.05, 0) is 25.1 Å². The van der Waals surface area contributed by atoms with E-state index in [1.54, 1.807) is 30.3 Å². The van der Waals surface area contributed by atoms with E-state index in [-0.39, 0.29) is 16.8 Å². The number of carboxylic acids is 1. The van der Waals surface area contributed by atoms with Crippen LogP contribution < -0.4 is 15.2 Å². The Balaban J connectivity index is 2.32. The van der Waals surface area contributed by atoms with Gasteiger partial charge in [0.15, 0.2) is 0 Å². The summed E-state index contributed by atoms with van der Waals surface area (Å²) < 4.78 is 5.46. The number of hydrogen-bond donors (Lipinski definition) is 1. The highest BCUT2D eigenvalue weighted by molar-refractivity contribution is 6.11. The van der Waals surface area contributed by atoms with Crippen molar-refractivity contribution in [3.63, 3.8) is 0 Å². The number of aromatic carboxylic acids is 1. The summed E-state index contributed by atoms with van der Waals surface area (Å²) in [5, 5.41) is 22.8. The number of nitrogens with one attached hydrogen (secondary N) is 1. The zero-order valence-electron chi connectivity index (χ0n) is 13.5. The van der Waals surface area contributed by atoms with Gasteiger partial charge >= 0.3 is 0 Å². The van der Waals surface area contributed by atoms with Crippen LogP contribution in [0.1, 0.15) is 22.8 Å². The maximum Gasteiger partial charge on any atom is 0.266 e. The lowest BCUT2D eigenvalue weighted by atomic mass is 10.1. The molecule has 0 unspecified atom stereocenters. The molecule has 0 heterocycles. The minimum Gasteiger partial charge on any atom is -0.545 e. The van der Waals surface area contributed by atoms with Crippen LogP contribution in [-0.4, -0.2) is 18.5 Å². The van der Waals surface area contributed by atoms with Gasteiger partial charge in [-0.15, -0.1) is 0 Å². The number of nitriles is 1. The van der Waals surface area contributed by atoms with Crippen LogP contribution in [0.5, 0.6) is 5.75 Å². The summed E-state index contributed by atoms with van der Waals surface area (Å²) in [6, 6.07) is 14.6. The number of amides is 1. The zero-order valence-corrected chi connectivity index (χ0v) is 13.5. The molecule has 126 valence electrons. The second-order valence-corrected chi connectivity index (χ2v) is 4.93. The van der Waals surface area contributed by atoms with Gasteiger partial charge in [-0.2, -0.15) is 5.26 Å². The molecule has 0 bridgehead atoms. The van der Waals surface area contributed by atoms with Crippen molar-refractivity contribution in [2.24, 2.45) is 0 Å². The first-order valence-corrected chi connectivity index (χ1v) is 7.52. The summed E-state index contributed by atoms with van der Waals surface area (Å²) >= 11 is 0. The van der Waals surface area contributed by atoms with E-state index in [1.165, 1.54) is 24.3 Å². The molecule has 0 aliphatic rings. The molecular weight excluding hydrogens is 320 g/mol. The third-order valence-electron chi connectivity index (χ3n) is 3.28. The number of carboxylic acid groups (broad SMARTS) is 1. The smallest absolute Gasteiger partial charge is 0.266 e. The Morgan fingerprint density at radius 3 is 2.56 bits per heavy atom. The topological polar surface area (TPSA) is 102 Å². The first-order chi connectivity index (χ1) is 12.1. The minimum atomic E-state index is -1.42. The molecule has 0 aliphatic heterocycles. The van der Waals surface area contributed by atoms with Gasteiger partial charge in [-0.1, -0.05) is 36.4 Å². The molecule has 2 rings (SSSR count). The second kappa shape index (κ2) is 8.31. The number of anilines is 1. The van der Waals surface area contributed by atoms with E-state index in [9.17, 15) is 20.0 Å². The molecule has 0 saturated heterocycles. The molecule has 2 aromatic carbocycles. The highest BCUT2D eigenvalue weighted by Gasteiger charge is 2.13. The molecule has 0 atom stereocenters. The fourth-order valence-corrected chi connectivity index (χ4v) is 2.15. The number of para-hydroxylation sites is 2. The third kappa shape index (κ3) is 4.45. The first kappa shape index (κ1) is 17.8. The quantitative estimate of drug-likeness (QED) is 0.642. The summed E-state index contributed by atoms with van der Waals surface area (Å²) in [6.45, 7) is 2.27. The number of carbonyl (C=O) groups is 2. The number of rotatable bonds is 6. The lowest BCUT2D eigenvalue weighted by molar-refractivity contribution is -0.254. The van der Waals surface area contributed by atoms with E-state index < -0.39 is 11.9 Å². The van der Waals surface area contributed by atoms with Crippen LogP contribution in [0.15, 0.2) is 54.1 Å². The first-order valence-electron chi connectivity index (χ1n) is 7.52. The normalized spacial score (nSPS) is 10.6. The highest BCUT2D eigenvalue weighted by Crippen LogP contribution is 2.22. The molecular formula is C19H15N2O4-. The zero-order chi connectivity index (χ0) is 18.2.